The minimum Gasteiger partial charge on any atom is -0.461 e. The van der Waals surface area contributed by atoms with Crippen LogP contribution in [0, 0.1) is 0 Å². The Bertz CT molecular complexity index is 307. The fourth-order valence-electron chi connectivity index (χ4n) is 1.62. The molecule has 1 aliphatic rings. The van der Waals surface area contributed by atoms with Crippen molar-refractivity contribution < 1.29 is 17.9 Å². The van der Waals surface area contributed by atoms with E-state index in [1.165, 1.54) is 0 Å². The lowest BCUT2D eigenvalue weighted by molar-refractivity contribution is -0.147. The highest BCUT2D eigenvalue weighted by molar-refractivity contribution is 7.91. The van der Waals surface area contributed by atoms with Gasteiger partial charge in [0.25, 0.3) is 0 Å². The van der Waals surface area contributed by atoms with Gasteiger partial charge in [0.05, 0.1) is 11.5 Å². The number of carbonyl (C=O) groups is 1. The molecule has 1 atom stereocenters. The Hall–Kier alpha value is -0.580. The van der Waals surface area contributed by atoms with Crippen molar-refractivity contribution in [2.45, 2.75) is 45.1 Å². The van der Waals surface area contributed by atoms with E-state index in [0.717, 1.165) is 19.3 Å². The summed E-state index contributed by atoms with van der Waals surface area (Å²) in [6, 6.07) is 0. The minimum atomic E-state index is -2.94. The third kappa shape index (κ3) is 4.64. The second kappa shape index (κ2) is 5.49. The summed E-state index contributed by atoms with van der Waals surface area (Å²) < 4.78 is 27.3. The molecule has 0 aromatic rings. The monoisotopic (exact) mass is 234 g/mol. The summed E-state index contributed by atoms with van der Waals surface area (Å²) in [5, 5.41) is 0. The van der Waals surface area contributed by atoms with Gasteiger partial charge < -0.3 is 4.74 Å². The van der Waals surface area contributed by atoms with E-state index < -0.39 is 15.9 Å². The highest BCUT2D eigenvalue weighted by atomic mass is 32.2. The molecule has 0 aromatic carbocycles. The zero-order valence-electron chi connectivity index (χ0n) is 9.07. The first-order valence-electron chi connectivity index (χ1n) is 5.43. The zero-order valence-corrected chi connectivity index (χ0v) is 9.88. The Kier molecular flexibility index (Phi) is 4.57. The van der Waals surface area contributed by atoms with Gasteiger partial charge in [-0.05, 0) is 12.8 Å². The van der Waals surface area contributed by atoms with Crippen molar-refractivity contribution in [3.8, 4) is 0 Å². The third-order valence-corrected chi connectivity index (χ3v) is 4.21. The van der Waals surface area contributed by atoms with Crippen LogP contribution in [0.15, 0.2) is 0 Å². The Morgan fingerprint density at radius 3 is 2.67 bits per heavy atom. The van der Waals surface area contributed by atoms with Crippen LogP contribution >= 0.6 is 0 Å². The Morgan fingerprint density at radius 1 is 1.40 bits per heavy atom. The first-order valence-corrected chi connectivity index (χ1v) is 7.25. The van der Waals surface area contributed by atoms with Crippen LogP contribution in [-0.2, 0) is 19.4 Å². The van der Waals surface area contributed by atoms with E-state index in [4.69, 9.17) is 4.74 Å². The van der Waals surface area contributed by atoms with Crippen LogP contribution < -0.4 is 0 Å². The SMILES string of the molecule is CCCCCC(=O)OC1CCS(=O)(=O)C1. The summed E-state index contributed by atoms with van der Waals surface area (Å²) in [5.74, 6) is -0.0996. The van der Waals surface area contributed by atoms with Gasteiger partial charge in [-0.25, -0.2) is 8.42 Å². The van der Waals surface area contributed by atoms with Crippen LogP contribution in [0.1, 0.15) is 39.0 Å². The van der Waals surface area contributed by atoms with Crippen molar-refractivity contribution >= 4 is 15.8 Å². The molecule has 1 fully saturated rings. The van der Waals surface area contributed by atoms with Crippen LogP contribution in [0.2, 0.25) is 0 Å². The molecular weight excluding hydrogens is 216 g/mol. The maximum Gasteiger partial charge on any atom is 0.306 e. The van der Waals surface area contributed by atoms with E-state index in [-0.39, 0.29) is 17.5 Å². The van der Waals surface area contributed by atoms with Gasteiger partial charge in [0, 0.05) is 6.42 Å². The molecule has 5 heteroatoms. The summed E-state index contributed by atoms with van der Waals surface area (Å²) in [4.78, 5) is 11.3. The van der Waals surface area contributed by atoms with Crippen molar-refractivity contribution in [2.75, 3.05) is 11.5 Å². The van der Waals surface area contributed by atoms with Crippen molar-refractivity contribution in [1.82, 2.24) is 0 Å². The first-order chi connectivity index (χ1) is 7.03. The molecule has 88 valence electrons. The molecule has 0 aliphatic carbocycles. The molecule has 0 amide bonds. The second-order valence-electron chi connectivity index (χ2n) is 3.97. The number of sulfone groups is 1. The average Bonchev–Trinajstić information content (AvgIpc) is 2.46. The smallest absolute Gasteiger partial charge is 0.306 e. The van der Waals surface area contributed by atoms with Crippen molar-refractivity contribution in [3.05, 3.63) is 0 Å². The molecule has 0 saturated carbocycles. The van der Waals surface area contributed by atoms with E-state index in [9.17, 15) is 13.2 Å². The van der Waals surface area contributed by atoms with Gasteiger partial charge >= 0.3 is 5.97 Å². The number of hydrogen-bond donors (Lipinski definition) is 0. The standard InChI is InChI=1S/C10H18O4S/c1-2-3-4-5-10(11)14-9-6-7-15(12,13)8-9/h9H,2-8H2,1H3. The summed E-state index contributed by atoms with van der Waals surface area (Å²) in [6.45, 7) is 2.06. The maximum absolute atomic E-state index is 11.3. The average molecular weight is 234 g/mol. The third-order valence-electron chi connectivity index (χ3n) is 2.47. The molecule has 1 unspecified atom stereocenters. The summed E-state index contributed by atoms with van der Waals surface area (Å²) >= 11 is 0. The van der Waals surface area contributed by atoms with E-state index in [1.54, 1.807) is 0 Å². The quantitative estimate of drug-likeness (QED) is 0.531. The van der Waals surface area contributed by atoms with E-state index in [1.807, 2.05) is 0 Å². The van der Waals surface area contributed by atoms with Crippen LogP contribution in [0.25, 0.3) is 0 Å². The molecule has 0 radical (unpaired) electrons. The molecule has 4 nitrogen and oxygen atoms in total. The number of hydrogen-bond acceptors (Lipinski definition) is 4. The normalized spacial score (nSPS) is 23.9. The van der Waals surface area contributed by atoms with Crippen molar-refractivity contribution in [3.63, 3.8) is 0 Å². The predicted molar refractivity (Wildman–Crippen MR) is 57.3 cm³/mol. The van der Waals surface area contributed by atoms with E-state index in [0.29, 0.717) is 12.8 Å². The highest BCUT2D eigenvalue weighted by Gasteiger charge is 2.30. The fourth-order valence-corrected chi connectivity index (χ4v) is 3.21. The molecule has 15 heavy (non-hydrogen) atoms. The molecule has 1 saturated heterocycles. The second-order valence-corrected chi connectivity index (χ2v) is 6.20. The van der Waals surface area contributed by atoms with Gasteiger partial charge in [0.15, 0.2) is 9.84 Å². The van der Waals surface area contributed by atoms with Gasteiger partial charge in [-0.2, -0.15) is 0 Å². The van der Waals surface area contributed by atoms with Crippen molar-refractivity contribution in [2.24, 2.45) is 0 Å². The largest absolute Gasteiger partial charge is 0.461 e. The molecule has 0 aromatic heterocycles. The lowest BCUT2D eigenvalue weighted by Gasteiger charge is -2.09. The summed E-state index contributed by atoms with van der Waals surface area (Å²) in [5.41, 5.74) is 0. The number of carbonyl (C=O) groups excluding carboxylic acids is 1. The Balaban J connectivity index is 2.22. The molecule has 1 heterocycles. The van der Waals surface area contributed by atoms with Gasteiger partial charge in [-0.1, -0.05) is 19.8 Å². The van der Waals surface area contributed by atoms with Crippen molar-refractivity contribution in [1.29, 1.82) is 0 Å². The summed E-state index contributed by atoms with van der Waals surface area (Å²) in [6.07, 6.45) is 3.37. The van der Waals surface area contributed by atoms with Gasteiger partial charge in [0.2, 0.25) is 0 Å². The number of ether oxygens (including phenoxy) is 1. The zero-order chi connectivity index (χ0) is 11.3. The van der Waals surface area contributed by atoms with Crippen LogP contribution in [0.5, 0.6) is 0 Å². The minimum absolute atomic E-state index is 0.00647. The van der Waals surface area contributed by atoms with Crippen LogP contribution in [0.4, 0.5) is 0 Å². The molecule has 0 spiro atoms. The number of esters is 1. The Labute approximate surface area is 90.9 Å². The van der Waals surface area contributed by atoms with Gasteiger partial charge in [-0.15, -0.1) is 0 Å². The first kappa shape index (κ1) is 12.5. The molecule has 1 aliphatic heterocycles. The maximum atomic E-state index is 11.3. The molecule has 0 N–H and O–H groups in total. The lowest BCUT2D eigenvalue weighted by Crippen LogP contribution is -2.19. The van der Waals surface area contributed by atoms with Gasteiger partial charge in [-0.3, -0.25) is 4.79 Å². The number of unbranched alkanes of at least 4 members (excludes halogenated alkanes) is 2. The topological polar surface area (TPSA) is 60.4 Å². The Morgan fingerprint density at radius 2 is 2.13 bits per heavy atom. The molecule has 0 bridgehead atoms. The molecule has 1 rings (SSSR count). The molecular formula is C10H18O4S. The fraction of sp³-hybridized carbons (Fsp3) is 0.900. The highest BCUT2D eigenvalue weighted by Crippen LogP contribution is 2.15. The van der Waals surface area contributed by atoms with E-state index in [2.05, 4.69) is 6.92 Å². The van der Waals surface area contributed by atoms with Crippen LogP contribution in [-0.4, -0.2) is 32.0 Å². The van der Waals surface area contributed by atoms with Gasteiger partial charge in [0.1, 0.15) is 6.10 Å². The number of rotatable bonds is 5. The van der Waals surface area contributed by atoms with Crippen LogP contribution in [0.3, 0.4) is 0 Å². The van der Waals surface area contributed by atoms with E-state index >= 15 is 0 Å². The predicted octanol–water partition coefficient (Wildman–Crippen LogP) is 1.30. The lowest BCUT2D eigenvalue weighted by atomic mass is 10.2. The summed E-state index contributed by atoms with van der Waals surface area (Å²) in [7, 11) is -2.94.